The molecular formula is C22H18N2O2S. The fraction of sp³-hybridized carbons (Fsp3) is 0.0455. The second-order valence-electron chi connectivity index (χ2n) is 5.93. The van der Waals surface area contributed by atoms with Crippen LogP contribution in [0.25, 0.3) is 18.2 Å². The molecule has 1 aliphatic rings. The Morgan fingerprint density at radius 2 is 1.52 bits per heavy atom. The van der Waals surface area contributed by atoms with E-state index in [1.165, 1.54) is 4.90 Å². The van der Waals surface area contributed by atoms with E-state index in [2.05, 4.69) is 11.9 Å². The van der Waals surface area contributed by atoms with Crippen molar-refractivity contribution in [3.63, 3.8) is 0 Å². The number of nitrogens with zero attached hydrogens (tertiary/aromatic N) is 1. The minimum Gasteiger partial charge on any atom is -0.298 e. The normalized spacial score (nSPS) is 16.1. The topological polar surface area (TPSA) is 49.4 Å². The van der Waals surface area contributed by atoms with Crippen molar-refractivity contribution in [2.24, 2.45) is 0 Å². The van der Waals surface area contributed by atoms with E-state index in [-0.39, 0.29) is 17.2 Å². The number of hydrogen-bond acceptors (Lipinski definition) is 3. The number of carbonyl (C=O) groups excluding carboxylic acids is 2. The largest absolute Gasteiger partial charge is 0.298 e. The molecular weight excluding hydrogens is 356 g/mol. The van der Waals surface area contributed by atoms with Crippen LogP contribution in [0.4, 0.5) is 0 Å². The Balaban J connectivity index is 1.79. The van der Waals surface area contributed by atoms with Crippen molar-refractivity contribution in [2.75, 3.05) is 6.54 Å². The van der Waals surface area contributed by atoms with Crippen LogP contribution in [-0.4, -0.2) is 28.4 Å². The highest BCUT2D eigenvalue weighted by Gasteiger charge is 2.32. The second-order valence-corrected chi connectivity index (χ2v) is 6.32. The van der Waals surface area contributed by atoms with E-state index in [4.69, 9.17) is 12.2 Å². The molecule has 0 spiro atoms. The predicted octanol–water partition coefficient (Wildman–Crippen LogP) is 3.67. The van der Waals surface area contributed by atoms with Crippen LogP contribution in [-0.2, 0) is 9.59 Å². The van der Waals surface area contributed by atoms with Gasteiger partial charge in [0.1, 0.15) is 5.57 Å². The highest BCUT2D eigenvalue weighted by atomic mass is 32.1. The van der Waals surface area contributed by atoms with Crippen molar-refractivity contribution in [1.82, 2.24) is 10.2 Å². The van der Waals surface area contributed by atoms with E-state index >= 15 is 0 Å². The van der Waals surface area contributed by atoms with E-state index in [1.54, 1.807) is 12.2 Å². The Morgan fingerprint density at radius 3 is 2.15 bits per heavy atom. The summed E-state index contributed by atoms with van der Waals surface area (Å²) < 4.78 is 0. The van der Waals surface area contributed by atoms with Gasteiger partial charge in [0, 0.05) is 6.54 Å². The molecule has 27 heavy (non-hydrogen) atoms. The molecule has 1 heterocycles. The average Bonchev–Trinajstić information content (AvgIpc) is 2.68. The third kappa shape index (κ3) is 4.46. The zero-order valence-corrected chi connectivity index (χ0v) is 15.4. The van der Waals surface area contributed by atoms with Crippen LogP contribution in [0, 0.1) is 0 Å². The summed E-state index contributed by atoms with van der Waals surface area (Å²) in [6.45, 7) is 3.86. The van der Waals surface area contributed by atoms with E-state index < -0.39 is 11.8 Å². The van der Waals surface area contributed by atoms with Crippen LogP contribution in [0.2, 0.25) is 0 Å². The molecule has 0 unspecified atom stereocenters. The van der Waals surface area contributed by atoms with Crippen LogP contribution in [0.3, 0.4) is 0 Å². The number of nitrogens with one attached hydrogen (secondary N) is 1. The smallest absolute Gasteiger partial charge is 0.265 e. The first-order valence-corrected chi connectivity index (χ1v) is 8.82. The maximum absolute atomic E-state index is 12.5. The van der Waals surface area contributed by atoms with Gasteiger partial charge >= 0.3 is 0 Å². The van der Waals surface area contributed by atoms with Gasteiger partial charge in [0.15, 0.2) is 5.11 Å². The molecule has 0 aromatic heterocycles. The Bertz CT molecular complexity index is 944. The Morgan fingerprint density at radius 1 is 0.926 bits per heavy atom. The molecule has 2 aromatic rings. The summed E-state index contributed by atoms with van der Waals surface area (Å²) in [5.74, 6) is -0.907. The van der Waals surface area contributed by atoms with E-state index in [9.17, 15) is 9.59 Å². The van der Waals surface area contributed by atoms with Crippen molar-refractivity contribution in [1.29, 1.82) is 0 Å². The lowest BCUT2D eigenvalue weighted by molar-refractivity contribution is -0.128. The number of hydrogen-bond donors (Lipinski definition) is 1. The second kappa shape index (κ2) is 8.38. The lowest BCUT2D eigenvalue weighted by Crippen LogP contribution is -2.53. The van der Waals surface area contributed by atoms with Crippen LogP contribution >= 0.6 is 12.2 Å². The van der Waals surface area contributed by atoms with Gasteiger partial charge in [0.05, 0.1) is 0 Å². The Kier molecular flexibility index (Phi) is 5.74. The molecule has 0 saturated carbocycles. The van der Waals surface area contributed by atoms with Crippen LogP contribution in [0.15, 0.2) is 72.8 Å². The maximum Gasteiger partial charge on any atom is 0.265 e. The molecule has 4 nitrogen and oxygen atoms in total. The molecule has 0 atom stereocenters. The fourth-order valence-electron chi connectivity index (χ4n) is 2.62. The highest BCUT2D eigenvalue weighted by Crippen LogP contribution is 2.16. The molecule has 2 amide bonds. The Labute approximate surface area is 163 Å². The van der Waals surface area contributed by atoms with Gasteiger partial charge in [-0.05, 0) is 35.0 Å². The van der Waals surface area contributed by atoms with Crippen LogP contribution in [0.1, 0.15) is 16.7 Å². The van der Waals surface area contributed by atoms with Crippen molar-refractivity contribution in [3.8, 4) is 0 Å². The summed E-state index contributed by atoms with van der Waals surface area (Å²) in [5.41, 5.74) is 2.95. The van der Waals surface area contributed by atoms with Gasteiger partial charge in [0.2, 0.25) is 0 Å². The number of rotatable bonds is 5. The average molecular weight is 374 g/mol. The van der Waals surface area contributed by atoms with Gasteiger partial charge in [-0.25, -0.2) is 0 Å². The number of benzene rings is 2. The molecule has 5 heteroatoms. The quantitative estimate of drug-likeness (QED) is 0.286. The lowest BCUT2D eigenvalue weighted by atomic mass is 10.1. The van der Waals surface area contributed by atoms with Crippen LogP contribution < -0.4 is 5.32 Å². The first-order valence-electron chi connectivity index (χ1n) is 8.41. The van der Waals surface area contributed by atoms with Crippen molar-refractivity contribution in [2.45, 2.75) is 0 Å². The summed E-state index contributed by atoms with van der Waals surface area (Å²) in [5, 5.41) is 2.64. The molecule has 1 N–H and O–H groups in total. The molecule has 0 radical (unpaired) electrons. The summed E-state index contributed by atoms with van der Waals surface area (Å²) >= 11 is 5.04. The van der Waals surface area contributed by atoms with E-state index in [1.807, 2.05) is 66.7 Å². The third-order valence-corrected chi connectivity index (χ3v) is 4.34. The standard InChI is InChI=1S/C22H18N2O2S/c1-2-14-24-21(26)19(20(25)23-22(24)27)15-18-12-10-17(11-13-18)9-8-16-6-4-3-5-7-16/h2-13,15H,1,14H2,(H,23,25,27). The summed E-state index contributed by atoms with van der Waals surface area (Å²) in [4.78, 5) is 26.0. The third-order valence-electron chi connectivity index (χ3n) is 4.01. The van der Waals surface area contributed by atoms with Crippen LogP contribution in [0.5, 0.6) is 0 Å². The van der Waals surface area contributed by atoms with E-state index in [0.717, 1.165) is 16.7 Å². The maximum atomic E-state index is 12.5. The van der Waals surface area contributed by atoms with Gasteiger partial charge in [-0.15, -0.1) is 6.58 Å². The lowest BCUT2D eigenvalue weighted by Gasteiger charge is -2.27. The molecule has 1 fully saturated rings. The van der Waals surface area contributed by atoms with Crippen molar-refractivity contribution >= 4 is 47.4 Å². The Hall–Kier alpha value is -3.31. The number of carbonyl (C=O) groups is 2. The summed E-state index contributed by atoms with van der Waals surface area (Å²) in [7, 11) is 0. The fourth-order valence-corrected chi connectivity index (χ4v) is 2.87. The SMILES string of the molecule is C=CCN1C(=O)C(=Cc2ccc(C=Cc3ccccc3)cc2)C(=O)NC1=S. The number of amides is 2. The van der Waals surface area contributed by atoms with Crippen molar-refractivity contribution in [3.05, 3.63) is 89.5 Å². The summed E-state index contributed by atoms with van der Waals surface area (Å²) in [6.07, 6.45) is 7.17. The van der Waals surface area contributed by atoms with Gasteiger partial charge in [-0.2, -0.15) is 0 Å². The molecule has 2 aromatic carbocycles. The monoisotopic (exact) mass is 374 g/mol. The van der Waals surface area contributed by atoms with E-state index in [0.29, 0.717) is 0 Å². The molecule has 0 aliphatic carbocycles. The van der Waals surface area contributed by atoms with Gasteiger partial charge in [0.25, 0.3) is 11.8 Å². The number of thiocarbonyl (C=S) groups is 1. The zero-order chi connectivity index (χ0) is 19.2. The molecule has 3 rings (SSSR count). The predicted molar refractivity (Wildman–Crippen MR) is 112 cm³/mol. The zero-order valence-electron chi connectivity index (χ0n) is 14.6. The van der Waals surface area contributed by atoms with Crippen molar-refractivity contribution < 1.29 is 9.59 Å². The van der Waals surface area contributed by atoms with Gasteiger partial charge in [-0.3, -0.25) is 19.8 Å². The molecule has 1 saturated heterocycles. The molecule has 134 valence electrons. The summed E-state index contributed by atoms with van der Waals surface area (Å²) in [6, 6.07) is 17.6. The first-order chi connectivity index (χ1) is 13.1. The van der Waals surface area contributed by atoms with Gasteiger partial charge in [-0.1, -0.05) is 72.8 Å². The minimum absolute atomic E-state index is 0.0537. The highest BCUT2D eigenvalue weighted by molar-refractivity contribution is 7.80. The minimum atomic E-state index is -0.488. The van der Waals surface area contributed by atoms with Gasteiger partial charge < -0.3 is 0 Å². The molecule has 1 aliphatic heterocycles. The molecule has 0 bridgehead atoms. The first kappa shape index (κ1) is 18.5.